The van der Waals surface area contributed by atoms with E-state index in [0.29, 0.717) is 30.4 Å². The highest BCUT2D eigenvalue weighted by atomic mass is 35.5. The molecule has 1 aromatic heterocycles. The van der Waals surface area contributed by atoms with Crippen LogP contribution in [0.15, 0.2) is 30.1 Å². The Morgan fingerprint density at radius 2 is 2.45 bits per heavy atom. The summed E-state index contributed by atoms with van der Waals surface area (Å²) in [5.74, 6) is 0.00978. The van der Waals surface area contributed by atoms with Crippen LogP contribution < -0.4 is 10.6 Å². The van der Waals surface area contributed by atoms with Crippen LogP contribution in [-0.4, -0.2) is 31.2 Å². The summed E-state index contributed by atoms with van der Waals surface area (Å²) < 4.78 is 4.86. The smallest absolute Gasteiger partial charge is 0.263 e. The summed E-state index contributed by atoms with van der Waals surface area (Å²) in [7, 11) is 1.59. The standard InChI is InChI=1S/C13H15ClN4O2/c1-20-6-2-4-17-13(19)10(8-15)9-18-12-7-11(14)3-5-16-12/h3,5,7,9H,2,4,6H2,1H3,(H,16,18)(H,17,19)/b10-9-. The molecular weight excluding hydrogens is 280 g/mol. The van der Waals surface area contributed by atoms with Crippen molar-refractivity contribution < 1.29 is 9.53 Å². The first-order valence-electron chi connectivity index (χ1n) is 5.93. The number of nitriles is 1. The van der Waals surface area contributed by atoms with Crippen molar-refractivity contribution in [1.29, 1.82) is 5.26 Å². The molecular formula is C13H15ClN4O2. The van der Waals surface area contributed by atoms with Crippen LogP contribution in [0.3, 0.4) is 0 Å². The first-order chi connectivity index (χ1) is 9.67. The van der Waals surface area contributed by atoms with E-state index in [4.69, 9.17) is 21.6 Å². The predicted octanol–water partition coefficient (Wildman–Crippen LogP) is 1.71. The highest BCUT2D eigenvalue weighted by Gasteiger charge is 2.07. The van der Waals surface area contributed by atoms with Crippen LogP contribution in [0.1, 0.15) is 6.42 Å². The lowest BCUT2D eigenvalue weighted by Crippen LogP contribution is -2.26. The molecule has 20 heavy (non-hydrogen) atoms. The first-order valence-corrected chi connectivity index (χ1v) is 6.30. The van der Waals surface area contributed by atoms with Crippen LogP contribution in [0.25, 0.3) is 0 Å². The van der Waals surface area contributed by atoms with E-state index in [1.165, 1.54) is 12.4 Å². The monoisotopic (exact) mass is 294 g/mol. The maximum Gasteiger partial charge on any atom is 0.263 e. The normalized spacial score (nSPS) is 10.8. The van der Waals surface area contributed by atoms with E-state index in [2.05, 4.69) is 15.6 Å². The number of aromatic nitrogens is 1. The van der Waals surface area contributed by atoms with Gasteiger partial charge in [0.2, 0.25) is 0 Å². The summed E-state index contributed by atoms with van der Waals surface area (Å²) in [5, 5.41) is 14.8. The SMILES string of the molecule is COCCCNC(=O)/C(C#N)=C\Nc1cc(Cl)ccn1. The Balaban J connectivity index is 2.54. The summed E-state index contributed by atoms with van der Waals surface area (Å²) in [6.45, 7) is 0.998. The van der Waals surface area contributed by atoms with Gasteiger partial charge in [0.1, 0.15) is 17.5 Å². The van der Waals surface area contributed by atoms with Crippen molar-refractivity contribution in [3.05, 3.63) is 35.1 Å². The number of carbonyl (C=O) groups excluding carboxylic acids is 1. The number of carbonyl (C=O) groups is 1. The number of hydrogen-bond donors (Lipinski definition) is 2. The minimum atomic E-state index is -0.446. The fraction of sp³-hybridized carbons (Fsp3) is 0.308. The molecule has 7 heteroatoms. The zero-order chi connectivity index (χ0) is 14.8. The Labute approximate surface area is 122 Å². The molecule has 0 aromatic carbocycles. The summed E-state index contributed by atoms with van der Waals surface area (Å²) in [4.78, 5) is 15.7. The van der Waals surface area contributed by atoms with E-state index in [9.17, 15) is 4.79 Å². The number of rotatable bonds is 7. The van der Waals surface area contributed by atoms with Crippen molar-refractivity contribution in [2.75, 3.05) is 25.6 Å². The van der Waals surface area contributed by atoms with E-state index < -0.39 is 5.91 Å². The zero-order valence-corrected chi connectivity index (χ0v) is 11.8. The fourth-order valence-electron chi connectivity index (χ4n) is 1.29. The van der Waals surface area contributed by atoms with Gasteiger partial charge in [0.25, 0.3) is 5.91 Å². The van der Waals surface area contributed by atoms with Crippen molar-refractivity contribution in [1.82, 2.24) is 10.3 Å². The molecule has 0 spiro atoms. The minimum Gasteiger partial charge on any atom is -0.385 e. The maximum atomic E-state index is 11.7. The molecule has 1 heterocycles. The molecule has 0 aliphatic rings. The predicted molar refractivity (Wildman–Crippen MR) is 76.1 cm³/mol. The molecule has 0 unspecified atom stereocenters. The van der Waals surface area contributed by atoms with Gasteiger partial charge in [-0.3, -0.25) is 4.79 Å². The number of halogens is 1. The van der Waals surface area contributed by atoms with E-state index >= 15 is 0 Å². The second-order valence-corrected chi connectivity index (χ2v) is 4.21. The van der Waals surface area contributed by atoms with E-state index in [0.717, 1.165) is 0 Å². The van der Waals surface area contributed by atoms with Crippen LogP contribution in [0.4, 0.5) is 5.82 Å². The van der Waals surface area contributed by atoms with Crippen LogP contribution in [0.2, 0.25) is 5.02 Å². The highest BCUT2D eigenvalue weighted by molar-refractivity contribution is 6.30. The van der Waals surface area contributed by atoms with Gasteiger partial charge in [0.05, 0.1) is 0 Å². The molecule has 0 saturated carbocycles. The minimum absolute atomic E-state index is 0.0378. The third kappa shape index (κ3) is 5.69. The van der Waals surface area contributed by atoms with Crippen LogP contribution >= 0.6 is 11.6 Å². The van der Waals surface area contributed by atoms with Crippen molar-refractivity contribution in [2.24, 2.45) is 0 Å². The summed E-state index contributed by atoms with van der Waals surface area (Å²) >= 11 is 5.80. The summed E-state index contributed by atoms with van der Waals surface area (Å²) in [6, 6.07) is 5.04. The molecule has 0 aliphatic carbocycles. The highest BCUT2D eigenvalue weighted by Crippen LogP contribution is 2.11. The summed E-state index contributed by atoms with van der Waals surface area (Å²) in [6.07, 6.45) is 3.50. The van der Waals surface area contributed by atoms with Gasteiger partial charge in [-0.15, -0.1) is 0 Å². The molecule has 6 nitrogen and oxygen atoms in total. The molecule has 0 radical (unpaired) electrons. The zero-order valence-electron chi connectivity index (χ0n) is 11.0. The van der Waals surface area contributed by atoms with Crippen LogP contribution in [0, 0.1) is 11.3 Å². The Hall–Kier alpha value is -2.10. The van der Waals surface area contributed by atoms with Crippen LogP contribution in [-0.2, 0) is 9.53 Å². The molecule has 0 bridgehead atoms. The quantitative estimate of drug-likeness (QED) is 0.454. The topological polar surface area (TPSA) is 87.0 Å². The summed E-state index contributed by atoms with van der Waals surface area (Å²) in [5.41, 5.74) is -0.0378. The van der Waals surface area contributed by atoms with Gasteiger partial charge >= 0.3 is 0 Å². The van der Waals surface area contributed by atoms with Gasteiger partial charge in [0, 0.05) is 37.7 Å². The van der Waals surface area contributed by atoms with Gasteiger partial charge in [-0.25, -0.2) is 4.98 Å². The third-order valence-corrected chi connectivity index (χ3v) is 2.50. The molecule has 106 valence electrons. The fourth-order valence-corrected chi connectivity index (χ4v) is 1.45. The van der Waals surface area contributed by atoms with Crippen molar-refractivity contribution >= 4 is 23.3 Å². The molecule has 2 N–H and O–H groups in total. The molecule has 1 aromatic rings. The average molecular weight is 295 g/mol. The molecule has 0 saturated heterocycles. The number of hydrogen-bond acceptors (Lipinski definition) is 5. The second-order valence-electron chi connectivity index (χ2n) is 3.78. The Morgan fingerprint density at radius 1 is 1.65 bits per heavy atom. The van der Waals surface area contributed by atoms with E-state index in [1.807, 2.05) is 6.07 Å². The average Bonchev–Trinajstić information content (AvgIpc) is 2.44. The number of ether oxygens (including phenoxy) is 1. The lowest BCUT2D eigenvalue weighted by atomic mass is 10.3. The number of methoxy groups -OCH3 is 1. The maximum absolute atomic E-state index is 11.7. The molecule has 1 amide bonds. The number of amides is 1. The van der Waals surface area contributed by atoms with Crippen molar-refractivity contribution in [2.45, 2.75) is 6.42 Å². The lowest BCUT2D eigenvalue weighted by Gasteiger charge is -2.04. The molecule has 0 fully saturated rings. The largest absolute Gasteiger partial charge is 0.385 e. The Bertz CT molecular complexity index is 525. The number of nitrogens with zero attached hydrogens (tertiary/aromatic N) is 2. The van der Waals surface area contributed by atoms with Crippen molar-refractivity contribution in [3.63, 3.8) is 0 Å². The number of pyridine rings is 1. The van der Waals surface area contributed by atoms with Gasteiger partial charge in [-0.2, -0.15) is 5.26 Å². The number of nitrogens with one attached hydrogen (secondary N) is 2. The number of anilines is 1. The Kier molecular flexibility index (Phi) is 7.11. The van der Waals surface area contributed by atoms with Crippen molar-refractivity contribution in [3.8, 4) is 6.07 Å². The van der Waals surface area contributed by atoms with Gasteiger partial charge < -0.3 is 15.4 Å². The molecule has 0 aliphatic heterocycles. The molecule has 1 rings (SSSR count). The van der Waals surface area contributed by atoms with E-state index in [-0.39, 0.29) is 5.57 Å². The second kappa shape index (κ2) is 8.91. The van der Waals surface area contributed by atoms with Crippen LogP contribution in [0.5, 0.6) is 0 Å². The first kappa shape index (κ1) is 16.0. The van der Waals surface area contributed by atoms with Gasteiger partial charge in [0.15, 0.2) is 0 Å². The van der Waals surface area contributed by atoms with Gasteiger partial charge in [-0.1, -0.05) is 11.6 Å². The third-order valence-electron chi connectivity index (χ3n) is 2.26. The van der Waals surface area contributed by atoms with Gasteiger partial charge in [-0.05, 0) is 18.6 Å². The Morgan fingerprint density at radius 3 is 3.10 bits per heavy atom. The lowest BCUT2D eigenvalue weighted by molar-refractivity contribution is -0.117. The molecule has 0 atom stereocenters. The van der Waals surface area contributed by atoms with E-state index in [1.54, 1.807) is 19.2 Å².